The number of rotatable bonds is 4. The fourth-order valence-corrected chi connectivity index (χ4v) is 1.74. The second-order valence-corrected chi connectivity index (χ2v) is 3.95. The van der Waals surface area contributed by atoms with Gasteiger partial charge in [0, 0.05) is 6.20 Å². The van der Waals surface area contributed by atoms with Gasteiger partial charge in [0.1, 0.15) is 15.7 Å². The molecular weight excluding hydrogens is 240 g/mol. The van der Waals surface area contributed by atoms with Crippen LogP contribution in [0.1, 0.15) is 5.76 Å². The smallest absolute Gasteiger partial charge is 0.401 e. The zero-order chi connectivity index (χ0) is 12.1. The van der Waals surface area contributed by atoms with Crippen LogP contribution >= 0.6 is 11.8 Å². The van der Waals surface area contributed by atoms with Crippen molar-refractivity contribution in [3.63, 3.8) is 0 Å². The van der Waals surface area contributed by atoms with Crippen molar-refractivity contribution >= 4 is 23.7 Å². The molecule has 0 aromatic carbocycles. The minimum Gasteiger partial charge on any atom is -0.401 e. The zero-order valence-corrected chi connectivity index (χ0v) is 9.46. The first-order valence-electron chi connectivity index (χ1n) is 4.74. The first kappa shape index (κ1) is 11.4. The Morgan fingerprint density at radius 2 is 2.24 bits per heavy atom. The lowest BCUT2D eigenvalue weighted by Crippen LogP contribution is -1.82. The fourth-order valence-electron chi connectivity index (χ4n) is 1.12. The molecular formula is C11H8N2O3S. The summed E-state index contributed by atoms with van der Waals surface area (Å²) >= 11 is 1.41. The second-order valence-electron chi connectivity index (χ2n) is 3.02. The molecule has 0 unspecified atom stereocenters. The summed E-state index contributed by atoms with van der Waals surface area (Å²) in [5.41, 5.74) is 0. The van der Waals surface area contributed by atoms with E-state index in [-0.39, 0.29) is 5.88 Å². The summed E-state index contributed by atoms with van der Waals surface area (Å²) in [6.07, 6.45) is 3.36. The molecule has 0 aliphatic carbocycles. The van der Waals surface area contributed by atoms with Crippen LogP contribution in [-0.4, -0.2) is 9.91 Å². The van der Waals surface area contributed by atoms with Crippen LogP contribution in [0.2, 0.25) is 0 Å². The molecule has 0 radical (unpaired) electrons. The molecule has 0 N–H and O–H groups in total. The van der Waals surface area contributed by atoms with Crippen LogP contribution in [0.15, 0.2) is 51.4 Å². The molecule has 0 amide bonds. The highest BCUT2D eigenvalue weighted by Crippen LogP contribution is 2.20. The summed E-state index contributed by atoms with van der Waals surface area (Å²) in [7, 11) is 0. The SMILES string of the molecule is O=[N+]([O-])c1ccc(/C=C/Sc2ccccn2)o1. The first-order chi connectivity index (χ1) is 8.25. The Kier molecular flexibility index (Phi) is 3.56. The van der Waals surface area contributed by atoms with Crippen LogP contribution < -0.4 is 0 Å². The Morgan fingerprint density at radius 1 is 1.35 bits per heavy atom. The summed E-state index contributed by atoms with van der Waals surface area (Å²) in [6.45, 7) is 0. The lowest BCUT2D eigenvalue weighted by molar-refractivity contribution is -0.402. The summed E-state index contributed by atoms with van der Waals surface area (Å²) < 4.78 is 4.96. The van der Waals surface area contributed by atoms with Crippen LogP contribution in [0.4, 0.5) is 5.88 Å². The van der Waals surface area contributed by atoms with E-state index in [0.717, 1.165) is 5.03 Å². The zero-order valence-electron chi connectivity index (χ0n) is 8.65. The highest BCUT2D eigenvalue weighted by molar-refractivity contribution is 8.02. The van der Waals surface area contributed by atoms with E-state index in [1.165, 1.54) is 17.8 Å². The van der Waals surface area contributed by atoms with Crippen LogP contribution in [0.3, 0.4) is 0 Å². The largest absolute Gasteiger partial charge is 0.433 e. The molecule has 2 aromatic heterocycles. The van der Waals surface area contributed by atoms with Gasteiger partial charge in [-0.05, 0) is 29.7 Å². The van der Waals surface area contributed by atoms with Crippen molar-refractivity contribution in [2.45, 2.75) is 5.03 Å². The van der Waals surface area contributed by atoms with E-state index in [1.807, 2.05) is 18.2 Å². The monoisotopic (exact) mass is 248 g/mol. The highest BCUT2D eigenvalue weighted by atomic mass is 32.2. The van der Waals surface area contributed by atoms with E-state index in [2.05, 4.69) is 4.98 Å². The van der Waals surface area contributed by atoms with Gasteiger partial charge in [-0.25, -0.2) is 4.98 Å². The predicted octanol–water partition coefficient (Wildman–Crippen LogP) is 3.35. The molecule has 0 saturated heterocycles. The molecule has 0 fully saturated rings. The molecule has 86 valence electrons. The molecule has 0 aliphatic heterocycles. The molecule has 2 aromatic rings. The van der Waals surface area contributed by atoms with Crippen LogP contribution in [-0.2, 0) is 0 Å². The quantitative estimate of drug-likeness (QED) is 0.471. The number of hydrogen-bond acceptors (Lipinski definition) is 5. The lowest BCUT2D eigenvalue weighted by atomic mass is 10.4. The van der Waals surface area contributed by atoms with E-state index < -0.39 is 4.92 Å². The van der Waals surface area contributed by atoms with E-state index >= 15 is 0 Å². The van der Waals surface area contributed by atoms with Gasteiger partial charge in [0.05, 0.1) is 6.07 Å². The Labute approximate surface area is 101 Å². The van der Waals surface area contributed by atoms with Crippen LogP contribution in [0, 0.1) is 10.1 Å². The van der Waals surface area contributed by atoms with Crippen molar-refractivity contribution in [1.29, 1.82) is 0 Å². The van der Waals surface area contributed by atoms with Gasteiger partial charge in [-0.2, -0.15) is 0 Å². The number of hydrogen-bond donors (Lipinski definition) is 0. The first-order valence-corrected chi connectivity index (χ1v) is 5.62. The maximum atomic E-state index is 10.4. The average Bonchev–Trinajstić information content (AvgIpc) is 2.79. The fraction of sp³-hybridized carbons (Fsp3) is 0. The number of nitrogens with zero attached hydrogens (tertiary/aromatic N) is 2. The summed E-state index contributed by atoms with van der Waals surface area (Å²) in [5.74, 6) is 0.188. The molecule has 0 saturated carbocycles. The molecule has 0 aliphatic rings. The molecule has 6 heteroatoms. The van der Waals surface area contributed by atoms with Gasteiger partial charge in [0.25, 0.3) is 0 Å². The highest BCUT2D eigenvalue weighted by Gasteiger charge is 2.09. The van der Waals surface area contributed by atoms with Gasteiger partial charge >= 0.3 is 5.88 Å². The van der Waals surface area contributed by atoms with Crippen molar-refractivity contribution in [3.05, 3.63) is 57.8 Å². The second kappa shape index (κ2) is 5.31. The Balaban J connectivity index is 1.98. The summed E-state index contributed by atoms with van der Waals surface area (Å²) in [5, 5.41) is 13.0. The maximum absolute atomic E-state index is 10.4. The van der Waals surface area contributed by atoms with E-state index in [1.54, 1.807) is 23.7 Å². The van der Waals surface area contributed by atoms with Gasteiger partial charge in [-0.1, -0.05) is 17.8 Å². The van der Waals surface area contributed by atoms with Gasteiger partial charge in [-0.15, -0.1) is 0 Å². The maximum Gasteiger partial charge on any atom is 0.433 e. The minimum absolute atomic E-state index is 0.257. The third kappa shape index (κ3) is 3.18. The average molecular weight is 248 g/mol. The van der Waals surface area contributed by atoms with Crippen molar-refractivity contribution < 1.29 is 9.34 Å². The van der Waals surface area contributed by atoms with Crippen molar-refractivity contribution in [2.24, 2.45) is 0 Å². The number of pyridine rings is 1. The van der Waals surface area contributed by atoms with Crippen LogP contribution in [0.5, 0.6) is 0 Å². The molecule has 2 heterocycles. The number of furan rings is 1. The number of nitro groups is 1. The molecule has 17 heavy (non-hydrogen) atoms. The molecule has 0 bridgehead atoms. The standard InChI is InChI=1S/C11H8N2O3S/c14-13(15)11-5-4-9(16-11)6-8-17-10-3-1-2-7-12-10/h1-8H/b8-6+. The molecule has 0 atom stereocenters. The molecule has 0 spiro atoms. The van der Waals surface area contributed by atoms with Gasteiger partial charge in [0.2, 0.25) is 0 Å². The predicted molar refractivity (Wildman–Crippen MR) is 64.5 cm³/mol. The summed E-state index contributed by atoms with van der Waals surface area (Å²) in [4.78, 5) is 13.9. The van der Waals surface area contributed by atoms with Crippen molar-refractivity contribution in [1.82, 2.24) is 4.98 Å². The van der Waals surface area contributed by atoms with Gasteiger partial charge < -0.3 is 4.42 Å². The van der Waals surface area contributed by atoms with Crippen LogP contribution in [0.25, 0.3) is 6.08 Å². The Hall–Kier alpha value is -2.08. The minimum atomic E-state index is -0.566. The third-order valence-corrected chi connectivity index (χ3v) is 2.61. The van der Waals surface area contributed by atoms with Gasteiger partial charge in [0.15, 0.2) is 0 Å². The lowest BCUT2D eigenvalue weighted by Gasteiger charge is -1.91. The molecule has 2 rings (SSSR count). The van der Waals surface area contributed by atoms with Crippen molar-refractivity contribution in [3.8, 4) is 0 Å². The number of thioether (sulfide) groups is 1. The Bertz CT molecular complexity index is 537. The van der Waals surface area contributed by atoms with E-state index in [0.29, 0.717) is 5.76 Å². The molecule has 5 nitrogen and oxygen atoms in total. The van der Waals surface area contributed by atoms with E-state index in [9.17, 15) is 10.1 Å². The number of aromatic nitrogens is 1. The third-order valence-electron chi connectivity index (χ3n) is 1.85. The van der Waals surface area contributed by atoms with Gasteiger partial charge in [-0.3, -0.25) is 10.1 Å². The van der Waals surface area contributed by atoms with Crippen molar-refractivity contribution in [2.75, 3.05) is 0 Å². The summed E-state index contributed by atoms with van der Waals surface area (Å²) in [6, 6.07) is 8.48. The van der Waals surface area contributed by atoms with E-state index in [4.69, 9.17) is 4.42 Å². The topological polar surface area (TPSA) is 69.2 Å². The normalized spacial score (nSPS) is 10.8. The Morgan fingerprint density at radius 3 is 2.88 bits per heavy atom.